The number of hydrogen-bond acceptors (Lipinski definition) is 7. The van der Waals surface area contributed by atoms with Gasteiger partial charge in [-0.25, -0.2) is 19.5 Å². The van der Waals surface area contributed by atoms with Crippen LogP contribution in [0.25, 0.3) is 16.6 Å². The number of anilines is 2. The van der Waals surface area contributed by atoms with Gasteiger partial charge in [-0.2, -0.15) is 5.10 Å². The highest BCUT2D eigenvalue weighted by molar-refractivity contribution is 9.10. The van der Waals surface area contributed by atoms with E-state index < -0.39 is 0 Å². The molecule has 0 aliphatic heterocycles. The van der Waals surface area contributed by atoms with E-state index in [1.54, 1.807) is 42.1 Å². The molecule has 0 fully saturated rings. The van der Waals surface area contributed by atoms with Crippen molar-refractivity contribution in [2.24, 2.45) is 0 Å². The van der Waals surface area contributed by atoms with Crippen molar-refractivity contribution >= 4 is 55.6 Å². The quantitative estimate of drug-likeness (QED) is 0.336. The van der Waals surface area contributed by atoms with Gasteiger partial charge in [-0.05, 0) is 46.3 Å². The maximum absolute atomic E-state index is 6.47. The van der Waals surface area contributed by atoms with Crippen LogP contribution >= 0.6 is 27.5 Å². The fourth-order valence-electron chi connectivity index (χ4n) is 3.10. The van der Waals surface area contributed by atoms with Crippen LogP contribution in [0.3, 0.4) is 0 Å². The number of ether oxygens (including phenoxy) is 2. The van der Waals surface area contributed by atoms with E-state index in [9.17, 15) is 0 Å². The third-order valence-electron chi connectivity index (χ3n) is 4.58. The Labute approximate surface area is 190 Å². The van der Waals surface area contributed by atoms with E-state index in [0.717, 1.165) is 21.1 Å². The molecule has 5 aromatic rings. The number of halogens is 2. The second kappa shape index (κ2) is 8.01. The second-order valence-electron chi connectivity index (χ2n) is 6.52. The molecule has 0 saturated heterocycles. The lowest BCUT2D eigenvalue weighted by atomic mass is 10.2. The summed E-state index contributed by atoms with van der Waals surface area (Å²) in [5.41, 5.74) is 2.20. The van der Waals surface area contributed by atoms with Crippen LogP contribution in [0.1, 0.15) is 0 Å². The lowest BCUT2D eigenvalue weighted by Crippen LogP contribution is -1.97. The largest absolute Gasteiger partial charge is 0.495 e. The van der Waals surface area contributed by atoms with E-state index >= 15 is 0 Å². The molecule has 0 amide bonds. The van der Waals surface area contributed by atoms with Crippen LogP contribution in [-0.2, 0) is 0 Å². The lowest BCUT2D eigenvalue weighted by Gasteiger charge is -2.12. The van der Waals surface area contributed by atoms with Gasteiger partial charge in [-0.1, -0.05) is 11.6 Å². The van der Waals surface area contributed by atoms with Gasteiger partial charge in [0, 0.05) is 29.4 Å². The van der Waals surface area contributed by atoms with Crippen LogP contribution < -0.4 is 14.8 Å². The Bertz CT molecular complexity index is 1420. The number of hydrogen-bond donors (Lipinski definition) is 1. The summed E-state index contributed by atoms with van der Waals surface area (Å²) in [6.45, 7) is 0. The van der Waals surface area contributed by atoms with Gasteiger partial charge in [0.1, 0.15) is 35.7 Å². The van der Waals surface area contributed by atoms with Gasteiger partial charge in [0.15, 0.2) is 5.65 Å². The number of nitrogens with zero attached hydrogens (tertiary/aromatic N) is 5. The summed E-state index contributed by atoms with van der Waals surface area (Å²) in [6, 6.07) is 12.8. The van der Waals surface area contributed by atoms with Crippen molar-refractivity contribution in [3.05, 3.63) is 70.8 Å². The van der Waals surface area contributed by atoms with Crippen LogP contribution in [0.4, 0.5) is 11.5 Å². The Morgan fingerprint density at radius 1 is 1.00 bits per heavy atom. The standard InChI is InChI=1S/C21H14BrClN6O2/c1-30-19-9-17-14(8-15(19)22)21(26-10-24-17)28-12-2-3-18(16(23)6-12)31-13-4-5-29-20(7-13)25-11-27-29/h2-11H,1H3,(H,24,26,28). The molecule has 154 valence electrons. The first kappa shape index (κ1) is 19.5. The second-order valence-corrected chi connectivity index (χ2v) is 7.79. The average Bonchev–Trinajstić information content (AvgIpc) is 3.23. The number of rotatable bonds is 5. The van der Waals surface area contributed by atoms with Crippen molar-refractivity contribution in [2.45, 2.75) is 0 Å². The van der Waals surface area contributed by atoms with Crippen LogP contribution in [0, 0.1) is 0 Å². The van der Waals surface area contributed by atoms with Crippen molar-refractivity contribution in [3.63, 3.8) is 0 Å². The van der Waals surface area contributed by atoms with Crippen molar-refractivity contribution in [1.82, 2.24) is 24.6 Å². The third kappa shape index (κ3) is 3.85. The summed E-state index contributed by atoms with van der Waals surface area (Å²) in [5, 5.41) is 8.65. The third-order valence-corrected chi connectivity index (χ3v) is 5.50. The minimum Gasteiger partial charge on any atom is -0.495 e. The summed E-state index contributed by atoms with van der Waals surface area (Å²) in [4.78, 5) is 12.8. The fourth-order valence-corrected chi connectivity index (χ4v) is 3.82. The summed E-state index contributed by atoms with van der Waals surface area (Å²) in [5.74, 6) is 2.49. The van der Waals surface area contributed by atoms with Crippen molar-refractivity contribution in [1.29, 1.82) is 0 Å². The highest BCUT2D eigenvalue weighted by Gasteiger charge is 2.11. The molecule has 0 radical (unpaired) electrons. The van der Waals surface area contributed by atoms with Crippen molar-refractivity contribution < 1.29 is 9.47 Å². The Morgan fingerprint density at radius 2 is 1.90 bits per heavy atom. The summed E-state index contributed by atoms with van der Waals surface area (Å²) >= 11 is 9.98. The molecule has 0 saturated carbocycles. The van der Waals surface area contributed by atoms with Crippen LogP contribution in [0.15, 0.2) is 65.8 Å². The lowest BCUT2D eigenvalue weighted by molar-refractivity contribution is 0.412. The SMILES string of the molecule is COc1cc2ncnc(Nc3ccc(Oc4ccn5ncnc5c4)c(Cl)c3)c2cc1Br. The zero-order chi connectivity index (χ0) is 21.4. The van der Waals surface area contributed by atoms with Crippen molar-refractivity contribution in [2.75, 3.05) is 12.4 Å². The molecular formula is C21H14BrClN6O2. The average molecular weight is 498 g/mol. The van der Waals surface area contributed by atoms with E-state index in [1.165, 1.54) is 12.7 Å². The predicted octanol–water partition coefficient (Wildman–Crippen LogP) is 5.63. The number of benzene rings is 2. The zero-order valence-electron chi connectivity index (χ0n) is 16.1. The van der Waals surface area contributed by atoms with Gasteiger partial charge in [0.05, 0.1) is 22.1 Å². The molecule has 3 heterocycles. The maximum atomic E-state index is 6.47. The molecule has 0 spiro atoms. The molecule has 1 N–H and O–H groups in total. The van der Waals surface area contributed by atoms with Crippen molar-refractivity contribution in [3.8, 4) is 17.2 Å². The van der Waals surface area contributed by atoms with E-state index in [2.05, 4.69) is 41.3 Å². The van der Waals surface area contributed by atoms with Gasteiger partial charge < -0.3 is 14.8 Å². The summed E-state index contributed by atoms with van der Waals surface area (Å²) in [6.07, 6.45) is 4.75. The number of pyridine rings is 1. The van der Waals surface area contributed by atoms with Gasteiger partial charge >= 0.3 is 0 Å². The monoisotopic (exact) mass is 496 g/mol. The number of fused-ring (bicyclic) bond motifs is 2. The minimum absolute atomic E-state index is 0.451. The molecule has 31 heavy (non-hydrogen) atoms. The number of aromatic nitrogens is 5. The summed E-state index contributed by atoms with van der Waals surface area (Å²) < 4.78 is 13.7. The number of nitrogens with one attached hydrogen (secondary N) is 1. The molecule has 8 nitrogen and oxygen atoms in total. The normalized spacial score (nSPS) is 11.1. The van der Waals surface area contributed by atoms with Crippen LogP contribution in [-0.4, -0.2) is 31.7 Å². The topological polar surface area (TPSA) is 86.5 Å². The van der Waals surface area contributed by atoms with E-state index in [4.69, 9.17) is 21.1 Å². The predicted molar refractivity (Wildman–Crippen MR) is 122 cm³/mol. The first-order valence-corrected chi connectivity index (χ1v) is 10.3. The van der Waals surface area contributed by atoms with Gasteiger partial charge in [0.25, 0.3) is 0 Å². The molecule has 5 rings (SSSR count). The summed E-state index contributed by atoms with van der Waals surface area (Å²) in [7, 11) is 1.61. The Balaban J connectivity index is 1.42. The van der Waals surface area contributed by atoms with Crippen LogP contribution in [0.2, 0.25) is 5.02 Å². The Morgan fingerprint density at radius 3 is 2.74 bits per heavy atom. The van der Waals surface area contributed by atoms with E-state index in [-0.39, 0.29) is 0 Å². The molecule has 0 aliphatic carbocycles. The van der Waals surface area contributed by atoms with Gasteiger partial charge in [0.2, 0.25) is 0 Å². The highest BCUT2D eigenvalue weighted by Crippen LogP contribution is 2.35. The molecule has 3 aromatic heterocycles. The Hall–Kier alpha value is -3.43. The highest BCUT2D eigenvalue weighted by atomic mass is 79.9. The van der Waals surface area contributed by atoms with Gasteiger partial charge in [-0.3, -0.25) is 0 Å². The molecule has 0 unspecified atom stereocenters. The first-order chi connectivity index (χ1) is 15.1. The van der Waals surface area contributed by atoms with Crippen LogP contribution in [0.5, 0.6) is 17.2 Å². The fraction of sp³-hybridized carbons (Fsp3) is 0.0476. The first-order valence-electron chi connectivity index (χ1n) is 9.13. The molecule has 10 heteroatoms. The maximum Gasteiger partial charge on any atom is 0.158 e. The zero-order valence-corrected chi connectivity index (χ0v) is 18.4. The Kier molecular flexibility index (Phi) is 5.05. The smallest absolute Gasteiger partial charge is 0.158 e. The van der Waals surface area contributed by atoms with E-state index in [1.807, 2.05) is 18.2 Å². The van der Waals surface area contributed by atoms with E-state index in [0.29, 0.717) is 33.7 Å². The molecule has 0 aliphatic rings. The molecular weight excluding hydrogens is 484 g/mol. The molecule has 0 bridgehead atoms. The molecule has 0 atom stereocenters. The van der Waals surface area contributed by atoms with Gasteiger partial charge in [-0.15, -0.1) is 0 Å². The molecule has 2 aromatic carbocycles. The number of methoxy groups -OCH3 is 1. The minimum atomic E-state index is 0.451.